The van der Waals surface area contributed by atoms with Crippen LogP contribution in [0.1, 0.15) is 38.5 Å². The zero-order valence-corrected chi connectivity index (χ0v) is 18.0. The summed E-state index contributed by atoms with van der Waals surface area (Å²) in [6, 6.07) is 10.5. The first-order valence-electron chi connectivity index (χ1n) is 11.9. The highest BCUT2D eigenvalue weighted by Gasteiger charge is 2.54. The third-order valence-electron chi connectivity index (χ3n) is 8.10. The number of hydrogen-bond donors (Lipinski definition) is 1. The van der Waals surface area contributed by atoms with E-state index in [4.69, 9.17) is 0 Å². The fourth-order valence-electron chi connectivity index (χ4n) is 7.00. The van der Waals surface area contributed by atoms with Crippen molar-refractivity contribution >= 4 is 23.2 Å². The molecule has 0 radical (unpaired) electrons. The summed E-state index contributed by atoms with van der Waals surface area (Å²) < 4.78 is 0. The Bertz CT molecular complexity index is 901. The molecule has 4 bridgehead atoms. The molecule has 1 amide bonds. The second-order valence-electron chi connectivity index (χ2n) is 10.2. The average molecular weight is 418 g/mol. The van der Waals surface area contributed by atoms with Gasteiger partial charge in [0.1, 0.15) is 0 Å². The van der Waals surface area contributed by atoms with Crippen molar-refractivity contribution in [1.29, 1.82) is 0 Å². The van der Waals surface area contributed by atoms with Crippen LogP contribution in [0.2, 0.25) is 0 Å². The predicted octanol–water partition coefficient (Wildman–Crippen LogP) is 3.96. The van der Waals surface area contributed by atoms with Gasteiger partial charge >= 0.3 is 0 Å². The molecule has 4 saturated carbocycles. The Labute approximate surface area is 184 Å². The van der Waals surface area contributed by atoms with Crippen LogP contribution in [-0.2, 0) is 4.79 Å². The second kappa shape index (κ2) is 7.50. The highest BCUT2D eigenvalue weighted by atomic mass is 16.2. The SMILES string of the molecule is O=C(Nc1cnc(N2CCN(c3ccccc3)CC2)nc1)C12CC3CC(CC(C3)C1)C2. The Morgan fingerprint density at radius 1 is 0.839 bits per heavy atom. The van der Waals surface area contributed by atoms with Crippen molar-refractivity contribution in [1.82, 2.24) is 9.97 Å². The van der Waals surface area contributed by atoms with Gasteiger partial charge in [-0.25, -0.2) is 9.97 Å². The molecule has 1 aromatic carbocycles. The zero-order valence-electron chi connectivity index (χ0n) is 18.0. The van der Waals surface area contributed by atoms with Gasteiger partial charge in [0.15, 0.2) is 0 Å². The van der Waals surface area contributed by atoms with E-state index in [1.54, 1.807) is 12.4 Å². The van der Waals surface area contributed by atoms with E-state index in [-0.39, 0.29) is 11.3 Å². The van der Waals surface area contributed by atoms with E-state index < -0.39 is 0 Å². The van der Waals surface area contributed by atoms with Crippen LogP contribution in [0.5, 0.6) is 0 Å². The Kier molecular flexibility index (Phi) is 4.62. The summed E-state index contributed by atoms with van der Waals surface area (Å²) in [4.78, 5) is 27.0. The molecule has 5 fully saturated rings. The number of para-hydroxylation sites is 1. The predicted molar refractivity (Wildman–Crippen MR) is 122 cm³/mol. The highest BCUT2D eigenvalue weighted by molar-refractivity contribution is 5.95. The number of nitrogens with zero attached hydrogens (tertiary/aromatic N) is 4. The van der Waals surface area contributed by atoms with E-state index in [1.165, 1.54) is 24.9 Å². The zero-order chi connectivity index (χ0) is 20.8. The van der Waals surface area contributed by atoms with Gasteiger partial charge in [-0.15, -0.1) is 0 Å². The summed E-state index contributed by atoms with van der Waals surface area (Å²) in [5.41, 5.74) is 1.86. The van der Waals surface area contributed by atoms with Crippen LogP contribution in [0.4, 0.5) is 17.3 Å². The molecule has 31 heavy (non-hydrogen) atoms. The molecule has 6 heteroatoms. The maximum absolute atomic E-state index is 13.2. The summed E-state index contributed by atoms with van der Waals surface area (Å²) in [5.74, 6) is 3.26. The Morgan fingerprint density at radius 2 is 1.39 bits per heavy atom. The molecule has 0 unspecified atom stereocenters. The maximum atomic E-state index is 13.2. The molecule has 162 valence electrons. The molecule has 4 aliphatic carbocycles. The normalized spacial score (nSPS) is 31.7. The Balaban J connectivity index is 1.08. The van der Waals surface area contributed by atoms with Crippen molar-refractivity contribution in [2.24, 2.45) is 23.2 Å². The molecular weight excluding hydrogens is 386 g/mol. The quantitative estimate of drug-likeness (QED) is 0.816. The molecule has 7 rings (SSSR count). The van der Waals surface area contributed by atoms with Crippen LogP contribution < -0.4 is 15.1 Å². The minimum Gasteiger partial charge on any atom is -0.368 e. The molecule has 2 aromatic rings. The van der Waals surface area contributed by atoms with Crippen LogP contribution >= 0.6 is 0 Å². The van der Waals surface area contributed by atoms with Gasteiger partial charge < -0.3 is 15.1 Å². The minimum atomic E-state index is -0.138. The summed E-state index contributed by atoms with van der Waals surface area (Å²) in [5, 5.41) is 3.17. The van der Waals surface area contributed by atoms with E-state index in [1.807, 2.05) is 0 Å². The van der Waals surface area contributed by atoms with E-state index in [9.17, 15) is 4.79 Å². The van der Waals surface area contributed by atoms with Gasteiger partial charge in [-0.2, -0.15) is 0 Å². The summed E-state index contributed by atoms with van der Waals surface area (Å²) in [6.07, 6.45) is 10.8. The largest absolute Gasteiger partial charge is 0.368 e. The standard InChI is InChI=1S/C25H31N5O/c31-23(25-13-18-10-19(14-25)12-20(11-18)15-25)28-21-16-26-24(27-17-21)30-8-6-29(7-9-30)22-4-2-1-3-5-22/h1-5,16-20H,6-15H2,(H,28,31). The first-order chi connectivity index (χ1) is 15.2. The monoisotopic (exact) mass is 417 g/mol. The molecular formula is C25H31N5O. The van der Waals surface area contributed by atoms with Crippen molar-refractivity contribution < 1.29 is 4.79 Å². The summed E-state index contributed by atoms with van der Waals surface area (Å²) in [6.45, 7) is 3.71. The van der Waals surface area contributed by atoms with Gasteiger partial charge in [0.25, 0.3) is 0 Å². The maximum Gasteiger partial charge on any atom is 0.230 e. The van der Waals surface area contributed by atoms with Crippen molar-refractivity contribution in [2.75, 3.05) is 41.3 Å². The number of rotatable bonds is 4. The van der Waals surface area contributed by atoms with Crippen molar-refractivity contribution in [3.8, 4) is 0 Å². The van der Waals surface area contributed by atoms with Crippen LogP contribution in [0.25, 0.3) is 0 Å². The second-order valence-corrected chi connectivity index (χ2v) is 10.2. The smallest absolute Gasteiger partial charge is 0.230 e. The van der Waals surface area contributed by atoms with Crippen LogP contribution in [0, 0.1) is 23.2 Å². The lowest BCUT2D eigenvalue weighted by Crippen LogP contribution is -2.51. The fourth-order valence-corrected chi connectivity index (χ4v) is 7.00. The molecule has 2 heterocycles. The van der Waals surface area contributed by atoms with Gasteiger partial charge in [0, 0.05) is 31.9 Å². The molecule has 0 atom stereocenters. The van der Waals surface area contributed by atoms with Crippen LogP contribution in [-0.4, -0.2) is 42.1 Å². The Hall–Kier alpha value is -2.63. The number of anilines is 3. The van der Waals surface area contributed by atoms with Crippen LogP contribution in [0.15, 0.2) is 42.7 Å². The van der Waals surface area contributed by atoms with Gasteiger partial charge in [-0.1, -0.05) is 18.2 Å². The van der Waals surface area contributed by atoms with E-state index in [0.29, 0.717) is 0 Å². The van der Waals surface area contributed by atoms with Gasteiger partial charge in [-0.05, 0) is 68.4 Å². The minimum absolute atomic E-state index is 0.138. The van der Waals surface area contributed by atoms with Gasteiger partial charge in [0.2, 0.25) is 11.9 Å². The summed E-state index contributed by atoms with van der Waals surface area (Å²) >= 11 is 0. The fraction of sp³-hybridized carbons (Fsp3) is 0.560. The lowest BCUT2D eigenvalue weighted by molar-refractivity contribution is -0.140. The first-order valence-corrected chi connectivity index (χ1v) is 11.9. The Morgan fingerprint density at radius 3 is 1.97 bits per heavy atom. The number of benzene rings is 1. The van der Waals surface area contributed by atoms with E-state index in [2.05, 4.69) is 55.4 Å². The number of carbonyl (C=O) groups excluding carboxylic acids is 1. The number of nitrogens with one attached hydrogen (secondary N) is 1. The van der Waals surface area contributed by atoms with Crippen LogP contribution in [0.3, 0.4) is 0 Å². The molecule has 0 spiro atoms. The average Bonchev–Trinajstić information content (AvgIpc) is 2.79. The van der Waals surface area contributed by atoms with Gasteiger partial charge in [0.05, 0.1) is 23.5 Å². The highest BCUT2D eigenvalue weighted by Crippen LogP contribution is 2.60. The van der Waals surface area contributed by atoms with Crippen molar-refractivity contribution in [2.45, 2.75) is 38.5 Å². The molecule has 1 saturated heterocycles. The first kappa shape index (κ1) is 19.1. The van der Waals surface area contributed by atoms with E-state index in [0.717, 1.165) is 74.8 Å². The third kappa shape index (κ3) is 3.56. The number of aromatic nitrogens is 2. The number of carbonyl (C=O) groups is 1. The molecule has 1 aliphatic heterocycles. The van der Waals surface area contributed by atoms with Gasteiger partial charge in [-0.3, -0.25) is 4.79 Å². The number of piperazine rings is 1. The van der Waals surface area contributed by atoms with Crippen molar-refractivity contribution in [3.05, 3.63) is 42.7 Å². The van der Waals surface area contributed by atoms with E-state index >= 15 is 0 Å². The lowest BCUT2D eigenvalue weighted by Gasteiger charge is -2.55. The molecule has 1 aromatic heterocycles. The molecule has 6 nitrogen and oxygen atoms in total. The summed E-state index contributed by atoms with van der Waals surface area (Å²) in [7, 11) is 0. The van der Waals surface area contributed by atoms with Crippen molar-refractivity contribution in [3.63, 3.8) is 0 Å². The topological polar surface area (TPSA) is 61.4 Å². The lowest BCUT2D eigenvalue weighted by atomic mass is 9.49. The number of amides is 1. The molecule has 5 aliphatic rings. The number of hydrogen-bond acceptors (Lipinski definition) is 5. The third-order valence-corrected chi connectivity index (χ3v) is 8.10. The molecule has 1 N–H and O–H groups in total.